The van der Waals surface area contributed by atoms with Gasteiger partial charge in [-0.3, -0.25) is 10.2 Å². The van der Waals surface area contributed by atoms with Gasteiger partial charge in [0.2, 0.25) is 15.9 Å². The minimum absolute atomic E-state index is 0.0888. The summed E-state index contributed by atoms with van der Waals surface area (Å²) in [6.45, 7) is -0.471. The highest BCUT2D eigenvalue weighted by atomic mass is 32.2. The van der Waals surface area contributed by atoms with Crippen LogP contribution in [-0.4, -0.2) is 40.9 Å². The standard InChI is InChI=1S/C17H20N4O5S/c1-25-14-7-6-12(9-15(14)26-2)21-16(22)10-20-27(23,24)13-5-3-4-11(8-13)17(18)19/h3-9,20H,10H2,1-2H3,(H3,18,19)(H,21,22). The molecule has 10 heteroatoms. The third-order valence-electron chi connectivity index (χ3n) is 3.55. The van der Waals surface area contributed by atoms with Crippen molar-refractivity contribution < 1.29 is 22.7 Å². The van der Waals surface area contributed by atoms with Crippen molar-refractivity contribution in [2.75, 3.05) is 26.1 Å². The van der Waals surface area contributed by atoms with Crippen LogP contribution in [0.5, 0.6) is 11.5 Å². The summed E-state index contributed by atoms with van der Waals surface area (Å²) in [5, 5.41) is 9.94. The first-order valence-electron chi connectivity index (χ1n) is 7.73. The normalized spacial score (nSPS) is 10.9. The van der Waals surface area contributed by atoms with E-state index >= 15 is 0 Å². The first kappa shape index (κ1) is 20.2. The summed E-state index contributed by atoms with van der Waals surface area (Å²) in [7, 11) is -0.978. The quantitative estimate of drug-likeness (QED) is 0.388. The van der Waals surface area contributed by atoms with E-state index in [1.165, 1.54) is 38.5 Å². The van der Waals surface area contributed by atoms with Crippen LogP contribution in [0.3, 0.4) is 0 Å². The fourth-order valence-electron chi connectivity index (χ4n) is 2.19. The van der Waals surface area contributed by atoms with Gasteiger partial charge in [-0.25, -0.2) is 13.1 Å². The van der Waals surface area contributed by atoms with Crippen LogP contribution in [0.1, 0.15) is 5.56 Å². The summed E-state index contributed by atoms with van der Waals surface area (Å²) in [6, 6.07) is 10.4. The average molecular weight is 392 g/mol. The molecule has 0 unspecified atom stereocenters. The zero-order valence-electron chi connectivity index (χ0n) is 14.8. The molecular formula is C17H20N4O5S. The van der Waals surface area contributed by atoms with E-state index in [1.807, 2.05) is 0 Å². The Balaban J connectivity index is 2.04. The number of amides is 1. The number of anilines is 1. The number of sulfonamides is 1. The van der Waals surface area contributed by atoms with E-state index in [2.05, 4.69) is 10.0 Å². The second kappa shape index (κ2) is 8.52. The van der Waals surface area contributed by atoms with Crippen molar-refractivity contribution >= 4 is 27.5 Å². The Morgan fingerprint density at radius 3 is 2.44 bits per heavy atom. The summed E-state index contributed by atoms with van der Waals surface area (Å²) in [5.41, 5.74) is 6.06. The van der Waals surface area contributed by atoms with Crippen molar-refractivity contribution in [2.45, 2.75) is 4.90 Å². The van der Waals surface area contributed by atoms with Crippen molar-refractivity contribution in [1.82, 2.24) is 4.72 Å². The Hall–Kier alpha value is -3.11. The molecule has 0 aromatic heterocycles. The van der Waals surface area contributed by atoms with Crippen LogP contribution < -0.4 is 25.2 Å². The molecule has 0 saturated heterocycles. The molecule has 2 aromatic rings. The Morgan fingerprint density at radius 1 is 1.11 bits per heavy atom. The van der Waals surface area contributed by atoms with Crippen molar-refractivity contribution in [3.8, 4) is 11.5 Å². The van der Waals surface area contributed by atoms with Crippen LogP contribution in [-0.2, 0) is 14.8 Å². The number of amidine groups is 1. The van der Waals surface area contributed by atoms with Gasteiger partial charge in [0.05, 0.1) is 25.7 Å². The van der Waals surface area contributed by atoms with E-state index in [0.717, 1.165) is 0 Å². The highest BCUT2D eigenvalue weighted by Crippen LogP contribution is 2.29. The van der Waals surface area contributed by atoms with Gasteiger partial charge >= 0.3 is 0 Å². The van der Waals surface area contributed by atoms with E-state index in [0.29, 0.717) is 17.2 Å². The monoisotopic (exact) mass is 392 g/mol. The predicted molar refractivity (Wildman–Crippen MR) is 101 cm³/mol. The maximum absolute atomic E-state index is 12.3. The Labute approximate surface area is 157 Å². The van der Waals surface area contributed by atoms with Crippen molar-refractivity contribution in [3.05, 3.63) is 48.0 Å². The van der Waals surface area contributed by atoms with Crippen LogP contribution >= 0.6 is 0 Å². The molecule has 0 heterocycles. The Morgan fingerprint density at radius 2 is 1.81 bits per heavy atom. The highest BCUT2D eigenvalue weighted by Gasteiger charge is 2.17. The molecule has 0 aliphatic carbocycles. The molecule has 0 aliphatic heterocycles. The number of benzene rings is 2. The Bertz CT molecular complexity index is 960. The summed E-state index contributed by atoms with van der Waals surface area (Å²) < 4.78 is 37.1. The van der Waals surface area contributed by atoms with Gasteiger partial charge in [-0.1, -0.05) is 12.1 Å². The second-order valence-corrected chi connectivity index (χ2v) is 7.15. The van der Waals surface area contributed by atoms with Gasteiger partial charge in [0.15, 0.2) is 11.5 Å². The largest absolute Gasteiger partial charge is 0.493 e. The molecule has 1 amide bonds. The number of hydrogen-bond donors (Lipinski definition) is 4. The lowest BCUT2D eigenvalue weighted by Gasteiger charge is -2.11. The minimum atomic E-state index is -3.93. The molecule has 2 rings (SSSR count). The van der Waals surface area contributed by atoms with E-state index in [9.17, 15) is 13.2 Å². The number of methoxy groups -OCH3 is 2. The van der Waals surface area contributed by atoms with Crippen LogP contribution in [0.4, 0.5) is 5.69 Å². The number of nitrogen functional groups attached to an aromatic ring is 1. The number of nitrogens with two attached hydrogens (primary N) is 1. The molecule has 0 spiro atoms. The molecule has 0 radical (unpaired) electrons. The van der Waals surface area contributed by atoms with Gasteiger partial charge < -0.3 is 20.5 Å². The smallest absolute Gasteiger partial charge is 0.241 e. The third kappa shape index (κ3) is 5.19. The van der Waals surface area contributed by atoms with Gasteiger partial charge in [0.25, 0.3) is 0 Å². The molecule has 0 fully saturated rings. The number of nitrogens with one attached hydrogen (secondary N) is 3. The lowest BCUT2D eigenvalue weighted by Crippen LogP contribution is -2.33. The molecule has 2 aromatic carbocycles. The van der Waals surface area contributed by atoms with Gasteiger partial charge in [0.1, 0.15) is 5.84 Å². The molecule has 0 saturated carbocycles. The predicted octanol–water partition coefficient (Wildman–Crippen LogP) is 0.905. The fourth-order valence-corrected chi connectivity index (χ4v) is 3.22. The van der Waals surface area contributed by atoms with Crippen LogP contribution in [0.25, 0.3) is 0 Å². The lowest BCUT2D eigenvalue weighted by atomic mass is 10.2. The maximum atomic E-state index is 12.3. The first-order valence-corrected chi connectivity index (χ1v) is 9.21. The third-order valence-corrected chi connectivity index (χ3v) is 4.94. The van der Waals surface area contributed by atoms with Gasteiger partial charge in [0, 0.05) is 17.3 Å². The molecule has 9 nitrogen and oxygen atoms in total. The van der Waals surface area contributed by atoms with E-state index < -0.39 is 22.5 Å². The molecule has 27 heavy (non-hydrogen) atoms. The summed E-state index contributed by atoms with van der Waals surface area (Å²) in [5.74, 6) is 0.116. The molecule has 0 bridgehead atoms. The zero-order chi connectivity index (χ0) is 20.0. The summed E-state index contributed by atoms with van der Waals surface area (Å²) in [4.78, 5) is 12.0. The topological polar surface area (TPSA) is 144 Å². The summed E-state index contributed by atoms with van der Waals surface area (Å²) >= 11 is 0. The Kier molecular flexibility index (Phi) is 6.37. The number of carbonyl (C=O) groups excluding carboxylic acids is 1. The van der Waals surface area contributed by atoms with E-state index in [1.54, 1.807) is 18.2 Å². The minimum Gasteiger partial charge on any atom is -0.493 e. The van der Waals surface area contributed by atoms with Crippen molar-refractivity contribution in [2.24, 2.45) is 5.73 Å². The molecule has 5 N–H and O–H groups in total. The van der Waals surface area contributed by atoms with Crippen LogP contribution in [0, 0.1) is 5.41 Å². The molecular weight excluding hydrogens is 372 g/mol. The molecule has 0 aliphatic rings. The van der Waals surface area contributed by atoms with Gasteiger partial charge in [-0.2, -0.15) is 0 Å². The summed E-state index contributed by atoms with van der Waals surface area (Å²) in [6.07, 6.45) is 0. The lowest BCUT2D eigenvalue weighted by molar-refractivity contribution is -0.115. The van der Waals surface area contributed by atoms with E-state index in [-0.39, 0.29) is 16.3 Å². The van der Waals surface area contributed by atoms with Crippen LogP contribution in [0.15, 0.2) is 47.4 Å². The molecule has 144 valence electrons. The maximum Gasteiger partial charge on any atom is 0.241 e. The second-order valence-electron chi connectivity index (χ2n) is 5.38. The van der Waals surface area contributed by atoms with E-state index in [4.69, 9.17) is 20.6 Å². The number of ether oxygens (including phenoxy) is 2. The average Bonchev–Trinajstić information content (AvgIpc) is 2.66. The van der Waals surface area contributed by atoms with Gasteiger partial charge in [-0.15, -0.1) is 0 Å². The first-order chi connectivity index (χ1) is 12.8. The SMILES string of the molecule is COc1ccc(NC(=O)CNS(=O)(=O)c2cccc(C(=N)N)c2)cc1OC. The van der Waals surface area contributed by atoms with Crippen molar-refractivity contribution in [3.63, 3.8) is 0 Å². The van der Waals surface area contributed by atoms with Crippen molar-refractivity contribution in [1.29, 1.82) is 5.41 Å². The molecule has 0 atom stereocenters. The number of hydrogen-bond acceptors (Lipinski definition) is 6. The van der Waals surface area contributed by atoms with Crippen LogP contribution in [0.2, 0.25) is 0 Å². The number of carbonyl (C=O) groups is 1. The number of rotatable bonds is 8. The van der Waals surface area contributed by atoms with Gasteiger partial charge in [-0.05, 0) is 24.3 Å². The highest BCUT2D eigenvalue weighted by molar-refractivity contribution is 7.89. The zero-order valence-corrected chi connectivity index (χ0v) is 15.6. The fraction of sp³-hybridized carbons (Fsp3) is 0.176.